The molecule has 3 heteroatoms. The van der Waals surface area contributed by atoms with Crippen LogP contribution in [0.25, 0.3) is 0 Å². The molecule has 0 bridgehead atoms. The maximum Gasteiger partial charge on any atom is 0.133 e. The van der Waals surface area contributed by atoms with Crippen molar-refractivity contribution in [3.8, 4) is 5.75 Å². The van der Waals surface area contributed by atoms with Gasteiger partial charge in [0.15, 0.2) is 0 Å². The monoisotopic (exact) mass is 486 g/mol. The van der Waals surface area contributed by atoms with Crippen LogP contribution in [0.2, 0.25) is 0 Å². The van der Waals surface area contributed by atoms with Crippen molar-refractivity contribution in [2.45, 2.75) is 58.3 Å². The minimum Gasteiger partial charge on any atom is -0.492 e. The lowest BCUT2D eigenvalue weighted by molar-refractivity contribution is 0.302. The summed E-state index contributed by atoms with van der Waals surface area (Å²) in [6.07, 6.45) is 10.8. The molecule has 0 unspecified atom stereocenters. The lowest BCUT2D eigenvalue weighted by Crippen LogP contribution is -1.99. The second-order valence-corrected chi connectivity index (χ2v) is 7.31. The summed E-state index contributed by atoms with van der Waals surface area (Å²) in [5.41, 5.74) is 0. The molecule has 0 atom stereocenters. The highest BCUT2D eigenvalue weighted by Crippen LogP contribution is 2.23. The molecule has 1 rings (SSSR count). The van der Waals surface area contributed by atoms with Crippen LogP contribution in [0, 0.1) is 7.14 Å². The fourth-order valence-electron chi connectivity index (χ4n) is 2.01. The van der Waals surface area contributed by atoms with Gasteiger partial charge in [0.1, 0.15) is 5.75 Å². The molecule has 0 N–H and O–H groups in total. The topological polar surface area (TPSA) is 9.23 Å². The molecule has 0 fully saturated rings. The Morgan fingerprint density at radius 1 is 0.895 bits per heavy atom. The number of benzene rings is 1. The highest BCUT2D eigenvalue weighted by Gasteiger charge is 2.01. The first-order chi connectivity index (χ1) is 9.24. The third-order valence-corrected chi connectivity index (χ3v) is 4.71. The van der Waals surface area contributed by atoms with E-state index in [0.29, 0.717) is 0 Å². The molecule has 0 radical (unpaired) electrons. The Morgan fingerprint density at radius 3 is 2.21 bits per heavy atom. The van der Waals surface area contributed by atoms with Crippen LogP contribution >= 0.6 is 45.2 Å². The number of hydrogen-bond acceptors (Lipinski definition) is 1. The zero-order valence-corrected chi connectivity index (χ0v) is 16.1. The van der Waals surface area contributed by atoms with Crippen molar-refractivity contribution in [1.82, 2.24) is 0 Å². The summed E-state index contributed by atoms with van der Waals surface area (Å²) in [5, 5.41) is 0. The highest BCUT2D eigenvalue weighted by molar-refractivity contribution is 14.1. The molecule has 0 aliphatic heterocycles. The Morgan fingerprint density at radius 2 is 1.53 bits per heavy atom. The van der Waals surface area contributed by atoms with Gasteiger partial charge < -0.3 is 4.74 Å². The predicted molar refractivity (Wildman–Crippen MR) is 100.0 cm³/mol. The SMILES string of the molecule is CCCCCCCCCCOc1cc(I)ccc1I. The van der Waals surface area contributed by atoms with Crippen molar-refractivity contribution >= 4 is 45.2 Å². The molecule has 0 aliphatic carbocycles. The van der Waals surface area contributed by atoms with Gasteiger partial charge in [-0.1, -0.05) is 51.9 Å². The summed E-state index contributed by atoms with van der Waals surface area (Å²) in [5.74, 6) is 1.04. The van der Waals surface area contributed by atoms with Crippen molar-refractivity contribution < 1.29 is 4.74 Å². The number of halogens is 2. The first kappa shape index (κ1) is 17.5. The predicted octanol–water partition coefficient (Wildman–Crippen LogP) is 6.42. The molecule has 1 aromatic carbocycles. The summed E-state index contributed by atoms with van der Waals surface area (Å²) in [4.78, 5) is 0. The van der Waals surface area contributed by atoms with E-state index < -0.39 is 0 Å². The molecular formula is C16H24I2O. The molecule has 0 amide bonds. The van der Waals surface area contributed by atoms with Gasteiger partial charge in [0.05, 0.1) is 10.2 Å². The van der Waals surface area contributed by atoms with Gasteiger partial charge in [-0.25, -0.2) is 0 Å². The van der Waals surface area contributed by atoms with Crippen LogP contribution in [0.5, 0.6) is 5.75 Å². The minimum absolute atomic E-state index is 0.852. The Kier molecular flexibility index (Phi) is 10.3. The third-order valence-electron chi connectivity index (χ3n) is 3.15. The van der Waals surface area contributed by atoms with E-state index in [1.807, 2.05) is 0 Å². The van der Waals surface area contributed by atoms with Gasteiger partial charge in [-0.2, -0.15) is 0 Å². The third kappa shape index (κ3) is 8.38. The summed E-state index contributed by atoms with van der Waals surface area (Å²) >= 11 is 4.66. The van der Waals surface area contributed by atoms with E-state index in [2.05, 4.69) is 70.3 Å². The molecule has 108 valence electrons. The Labute approximate surface area is 145 Å². The van der Waals surface area contributed by atoms with E-state index in [1.54, 1.807) is 0 Å². The molecule has 19 heavy (non-hydrogen) atoms. The summed E-state index contributed by atoms with van der Waals surface area (Å²) < 4.78 is 8.30. The molecule has 0 saturated heterocycles. The van der Waals surface area contributed by atoms with Crippen molar-refractivity contribution in [3.63, 3.8) is 0 Å². The molecular weight excluding hydrogens is 462 g/mol. The fraction of sp³-hybridized carbons (Fsp3) is 0.625. The minimum atomic E-state index is 0.852. The zero-order valence-electron chi connectivity index (χ0n) is 11.8. The van der Waals surface area contributed by atoms with Gasteiger partial charge in [0.2, 0.25) is 0 Å². The first-order valence-electron chi connectivity index (χ1n) is 7.32. The molecule has 1 aromatic rings. The molecule has 0 spiro atoms. The molecule has 0 heterocycles. The number of ether oxygens (including phenoxy) is 1. The Bertz CT molecular complexity index is 353. The second kappa shape index (κ2) is 11.2. The van der Waals surface area contributed by atoms with Crippen molar-refractivity contribution in [2.24, 2.45) is 0 Å². The van der Waals surface area contributed by atoms with Crippen LogP contribution in [-0.2, 0) is 0 Å². The summed E-state index contributed by atoms with van der Waals surface area (Å²) in [7, 11) is 0. The summed E-state index contributed by atoms with van der Waals surface area (Å²) in [6, 6.07) is 6.35. The average Bonchev–Trinajstić information content (AvgIpc) is 2.40. The quantitative estimate of drug-likeness (QED) is 0.274. The first-order valence-corrected chi connectivity index (χ1v) is 9.47. The van der Waals surface area contributed by atoms with E-state index >= 15 is 0 Å². The summed E-state index contributed by atoms with van der Waals surface area (Å²) in [6.45, 7) is 3.12. The van der Waals surface area contributed by atoms with Crippen molar-refractivity contribution in [3.05, 3.63) is 25.3 Å². The van der Waals surface area contributed by atoms with Gasteiger partial charge in [-0.05, 0) is 69.8 Å². The van der Waals surface area contributed by atoms with Crippen molar-refractivity contribution in [2.75, 3.05) is 6.61 Å². The lowest BCUT2D eigenvalue weighted by atomic mass is 10.1. The molecule has 0 saturated carbocycles. The van der Waals surface area contributed by atoms with Crippen LogP contribution in [0.1, 0.15) is 58.3 Å². The smallest absolute Gasteiger partial charge is 0.133 e. The number of hydrogen-bond donors (Lipinski definition) is 0. The largest absolute Gasteiger partial charge is 0.492 e. The van der Waals surface area contributed by atoms with E-state index in [0.717, 1.165) is 12.4 Å². The Balaban J connectivity index is 2.03. The molecule has 0 aromatic heterocycles. The second-order valence-electron chi connectivity index (χ2n) is 4.90. The molecule has 1 nitrogen and oxygen atoms in total. The van der Waals surface area contributed by atoms with Crippen molar-refractivity contribution in [1.29, 1.82) is 0 Å². The lowest BCUT2D eigenvalue weighted by Gasteiger charge is -2.08. The van der Waals surface area contributed by atoms with Crippen LogP contribution in [0.4, 0.5) is 0 Å². The van der Waals surface area contributed by atoms with Gasteiger partial charge >= 0.3 is 0 Å². The standard InChI is InChI=1S/C16H24I2O/c1-2-3-4-5-6-7-8-9-12-19-16-13-14(17)10-11-15(16)18/h10-11,13H,2-9,12H2,1H3. The molecule has 0 aliphatic rings. The number of rotatable bonds is 10. The van der Waals surface area contributed by atoms with Crippen LogP contribution < -0.4 is 4.74 Å². The van der Waals surface area contributed by atoms with Crippen LogP contribution in [-0.4, -0.2) is 6.61 Å². The van der Waals surface area contributed by atoms with Crippen LogP contribution in [0.3, 0.4) is 0 Å². The van der Waals surface area contributed by atoms with Gasteiger partial charge in [-0.15, -0.1) is 0 Å². The van der Waals surface area contributed by atoms with Crippen LogP contribution in [0.15, 0.2) is 18.2 Å². The van der Waals surface area contributed by atoms with Gasteiger partial charge in [0.25, 0.3) is 0 Å². The van der Waals surface area contributed by atoms with Gasteiger partial charge in [-0.3, -0.25) is 0 Å². The van der Waals surface area contributed by atoms with E-state index in [4.69, 9.17) is 4.74 Å². The van der Waals surface area contributed by atoms with E-state index in [9.17, 15) is 0 Å². The maximum absolute atomic E-state index is 5.85. The fourth-order valence-corrected chi connectivity index (χ4v) is 2.96. The normalized spacial score (nSPS) is 10.7. The van der Waals surface area contributed by atoms with Gasteiger partial charge in [0, 0.05) is 3.57 Å². The van der Waals surface area contributed by atoms with E-state index in [1.165, 1.54) is 58.5 Å². The maximum atomic E-state index is 5.85. The van der Waals surface area contributed by atoms with E-state index in [-0.39, 0.29) is 0 Å². The number of unbranched alkanes of at least 4 members (excludes halogenated alkanes) is 7. The highest BCUT2D eigenvalue weighted by atomic mass is 127. The average molecular weight is 486 g/mol. The zero-order chi connectivity index (χ0) is 13.9. The Hall–Kier alpha value is 0.480.